The monoisotopic (exact) mass is 153 g/mol. The molecule has 2 aliphatic heterocycles. The first-order valence-corrected chi connectivity index (χ1v) is 4.14. The van der Waals surface area contributed by atoms with Gasteiger partial charge < -0.3 is 4.90 Å². The fourth-order valence-corrected chi connectivity index (χ4v) is 2.14. The summed E-state index contributed by atoms with van der Waals surface area (Å²) < 4.78 is 0. The summed E-state index contributed by atoms with van der Waals surface area (Å²) in [7, 11) is 2.17. The molecule has 1 atom stereocenters. The number of fused-ring (bicyclic) bond motifs is 2. The third kappa shape index (κ3) is 0.788. The van der Waals surface area contributed by atoms with Crippen molar-refractivity contribution in [3.63, 3.8) is 0 Å². The summed E-state index contributed by atoms with van der Waals surface area (Å²) in [6, 6.07) is 0.729. The van der Waals surface area contributed by atoms with E-state index < -0.39 is 0 Å². The molecule has 0 saturated carbocycles. The lowest BCUT2D eigenvalue weighted by atomic mass is 10.1. The van der Waals surface area contributed by atoms with E-state index in [4.69, 9.17) is 12.2 Å². The van der Waals surface area contributed by atoms with Gasteiger partial charge in [-0.05, 0) is 18.9 Å². The maximum Gasteiger partial charge on any atom is 0.0335 e. The molecule has 1 nitrogen and oxygen atoms in total. The van der Waals surface area contributed by atoms with Gasteiger partial charge in [-0.2, -0.15) is 0 Å². The smallest absolute Gasteiger partial charge is 0.0335 e. The number of nitrogens with zero attached hydrogens (tertiary/aromatic N) is 1. The highest BCUT2D eigenvalue weighted by molar-refractivity contribution is 7.80. The van der Waals surface area contributed by atoms with Gasteiger partial charge in [-0.15, -0.1) is 0 Å². The average Bonchev–Trinajstić information content (AvgIpc) is 2.20. The molecule has 0 aromatic heterocycles. The summed E-state index contributed by atoms with van der Waals surface area (Å²) in [5, 5.41) is 0. The van der Waals surface area contributed by atoms with E-state index in [2.05, 4.69) is 18.0 Å². The normalized spacial score (nSPS) is 30.9. The highest BCUT2D eigenvalue weighted by Gasteiger charge is 2.28. The Kier molecular flexibility index (Phi) is 1.31. The van der Waals surface area contributed by atoms with Crippen molar-refractivity contribution in [1.82, 2.24) is 4.90 Å². The van der Waals surface area contributed by atoms with Crippen LogP contribution in [0.2, 0.25) is 0 Å². The standard InChI is InChI=1S/C8H11NS/c1-9-6-2-3-7(9)5-8(10)4-6/h4,7H,2-3,5H2,1H3/t7-/m0/s1. The number of hydrogen-bond donors (Lipinski definition) is 0. The maximum atomic E-state index is 5.15. The first kappa shape index (κ1) is 6.35. The fraction of sp³-hybridized carbons (Fsp3) is 0.625. The molecule has 0 spiro atoms. The minimum atomic E-state index is 0.729. The molecule has 2 heterocycles. The average molecular weight is 153 g/mol. The molecule has 2 rings (SSSR count). The zero-order valence-electron chi connectivity index (χ0n) is 6.13. The van der Waals surface area contributed by atoms with Crippen molar-refractivity contribution in [2.45, 2.75) is 25.3 Å². The molecule has 0 aromatic carbocycles. The molecule has 0 aliphatic carbocycles. The fourth-order valence-electron chi connectivity index (χ4n) is 1.81. The minimum Gasteiger partial charge on any atom is -0.374 e. The van der Waals surface area contributed by atoms with Crippen LogP contribution < -0.4 is 0 Å². The van der Waals surface area contributed by atoms with Crippen molar-refractivity contribution in [3.05, 3.63) is 11.8 Å². The lowest BCUT2D eigenvalue weighted by Crippen LogP contribution is -2.29. The topological polar surface area (TPSA) is 3.24 Å². The molecule has 1 saturated heterocycles. The van der Waals surface area contributed by atoms with Crippen molar-refractivity contribution in [2.24, 2.45) is 0 Å². The summed E-state index contributed by atoms with van der Waals surface area (Å²) in [5.41, 5.74) is 1.45. The van der Waals surface area contributed by atoms with Crippen LogP contribution in [0.25, 0.3) is 0 Å². The molecule has 54 valence electrons. The summed E-state index contributed by atoms with van der Waals surface area (Å²) in [6.45, 7) is 0. The molecule has 0 unspecified atom stereocenters. The third-order valence-corrected chi connectivity index (χ3v) is 2.78. The molecule has 1 fully saturated rings. The van der Waals surface area contributed by atoms with Crippen LogP contribution in [0.4, 0.5) is 0 Å². The number of thiocarbonyl (C=S) groups is 1. The Balaban J connectivity index is 2.35. The Bertz CT molecular complexity index is 207. The quantitative estimate of drug-likeness (QED) is 0.488. The van der Waals surface area contributed by atoms with Crippen LogP contribution in [-0.2, 0) is 0 Å². The lowest BCUT2D eigenvalue weighted by molar-refractivity contribution is 0.355. The van der Waals surface area contributed by atoms with Crippen LogP contribution in [0.3, 0.4) is 0 Å². The number of hydrogen-bond acceptors (Lipinski definition) is 2. The molecular formula is C8H11NS. The van der Waals surface area contributed by atoms with E-state index >= 15 is 0 Å². The molecule has 0 radical (unpaired) electrons. The Hall–Kier alpha value is -0.370. The van der Waals surface area contributed by atoms with Crippen molar-refractivity contribution in [3.8, 4) is 0 Å². The van der Waals surface area contributed by atoms with Crippen LogP contribution >= 0.6 is 12.2 Å². The predicted octanol–water partition coefficient (Wildman–Crippen LogP) is 1.74. The second-order valence-corrected chi connectivity index (χ2v) is 3.63. The van der Waals surface area contributed by atoms with Crippen LogP contribution in [0.1, 0.15) is 19.3 Å². The van der Waals surface area contributed by atoms with E-state index in [1.165, 1.54) is 18.5 Å². The molecule has 2 aliphatic rings. The summed E-state index contributed by atoms with van der Waals surface area (Å²) in [6.07, 6.45) is 5.82. The molecule has 2 bridgehead atoms. The van der Waals surface area contributed by atoms with Gasteiger partial charge in [0.25, 0.3) is 0 Å². The second kappa shape index (κ2) is 2.06. The van der Waals surface area contributed by atoms with Crippen molar-refractivity contribution < 1.29 is 0 Å². The van der Waals surface area contributed by atoms with Gasteiger partial charge in [0.05, 0.1) is 0 Å². The SMILES string of the molecule is CN1C2=CC(=S)C[C@@H]1CC2. The van der Waals surface area contributed by atoms with E-state index in [9.17, 15) is 0 Å². The molecule has 0 amide bonds. The molecule has 0 N–H and O–H groups in total. The molecular weight excluding hydrogens is 142 g/mol. The zero-order chi connectivity index (χ0) is 7.14. The van der Waals surface area contributed by atoms with Crippen molar-refractivity contribution >= 4 is 17.1 Å². The van der Waals surface area contributed by atoms with Gasteiger partial charge in [0.2, 0.25) is 0 Å². The first-order valence-electron chi connectivity index (χ1n) is 3.73. The number of allylic oxidation sites excluding steroid dienone is 2. The van der Waals surface area contributed by atoms with Crippen LogP contribution in [-0.4, -0.2) is 22.9 Å². The summed E-state index contributed by atoms with van der Waals surface area (Å²) in [4.78, 5) is 3.52. The molecule has 0 aromatic rings. The van der Waals surface area contributed by atoms with E-state index in [-0.39, 0.29) is 0 Å². The van der Waals surface area contributed by atoms with Gasteiger partial charge in [-0.1, -0.05) is 12.2 Å². The van der Waals surface area contributed by atoms with Gasteiger partial charge in [-0.25, -0.2) is 0 Å². The van der Waals surface area contributed by atoms with Crippen molar-refractivity contribution in [2.75, 3.05) is 7.05 Å². The Morgan fingerprint density at radius 3 is 3.20 bits per heavy atom. The Morgan fingerprint density at radius 1 is 1.70 bits per heavy atom. The van der Waals surface area contributed by atoms with Gasteiger partial charge in [0.1, 0.15) is 0 Å². The lowest BCUT2D eigenvalue weighted by Gasteiger charge is -2.26. The van der Waals surface area contributed by atoms with Crippen LogP contribution in [0.15, 0.2) is 11.8 Å². The van der Waals surface area contributed by atoms with E-state index in [1.54, 1.807) is 0 Å². The second-order valence-electron chi connectivity index (χ2n) is 3.11. The van der Waals surface area contributed by atoms with Gasteiger partial charge >= 0.3 is 0 Å². The van der Waals surface area contributed by atoms with E-state index in [1.807, 2.05) is 0 Å². The van der Waals surface area contributed by atoms with Gasteiger partial charge in [0.15, 0.2) is 0 Å². The third-order valence-electron chi connectivity index (χ3n) is 2.50. The predicted molar refractivity (Wildman–Crippen MR) is 46.1 cm³/mol. The highest BCUT2D eigenvalue weighted by atomic mass is 32.1. The zero-order valence-corrected chi connectivity index (χ0v) is 6.95. The van der Waals surface area contributed by atoms with E-state index in [0.29, 0.717) is 0 Å². The first-order chi connectivity index (χ1) is 4.77. The summed E-state index contributed by atoms with van der Waals surface area (Å²) in [5.74, 6) is 0. The van der Waals surface area contributed by atoms with Crippen molar-refractivity contribution in [1.29, 1.82) is 0 Å². The van der Waals surface area contributed by atoms with Crippen LogP contribution in [0.5, 0.6) is 0 Å². The molecule has 10 heavy (non-hydrogen) atoms. The van der Waals surface area contributed by atoms with Crippen LogP contribution in [0, 0.1) is 0 Å². The maximum absolute atomic E-state index is 5.15. The van der Waals surface area contributed by atoms with Gasteiger partial charge in [0, 0.05) is 30.1 Å². The van der Waals surface area contributed by atoms with E-state index in [0.717, 1.165) is 17.3 Å². The van der Waals surface area contributed by atoms with Gasteiger partial charge in [-0.3, -0.25) is 0 Å². The molecule has 2 heteroatoms. The minimum absolute atomic E-state index is 0.729. The Morgan fingerprint density at radius 2 is 2.50 bits per heavy atom. The largest absolute Gasteiger partial charge is 0.374 e. The number of rotatable bonds is 0. The Labute approximate surface area is 66.7 Å². The highest BCUT2D eigenvalue weighted by Crippen LogP contribution is 2.31. The summed E-state index contributed by atoms with van der Waals surface area (Å²) >= 11 is 5.15.